The van der Waals surface area contributed by atoms with Crippen molar-refractivity contribution in [3.8, 4) is 5.75 Å². The molecule has 0 saturated carbocycles. The molecular formula is C22H17Cl3N2O2. The van der Waals surface area contributed by atoms with E-state index in [9.17, 15) is 4.79 Å². The van der Waals surface area contributed by atoms with Gasteiger partial charge in [0.2, 0.25) is 0 Å². The third-order valence-electron chi connectivity index (χ3n) is 4.10. The molecule has 0 aromatic heterocycles. The number of aryl methyl sites for hydroxylation is 1. The average Bonchev–Trinajstić information content (AvgIpc) is 2.70. The summed E-state index contributed by atoms with van der Waals surface area (Å²) in [4.78, 5) is 12.1. The smallest absolute Gasteiger partial charge is 0.271 e. The Balaban J connectivity index is 1.54. The number of nitrogens with zero attached hydrogens (tertiary/aromatic N) is 1. The summed E-state index contributed by atoms with van der Waals surface area (Å²) in [7, 11) is 0. The molecule has 0 atom stereocenters. The van der Waals surface area contributed by atoms with Gasteiger partial charge in [-0.05, 0) is 66.6 Å². The summed E-state index contributed by atoms with van der Waals surface area (Å²) in [6.07, 6.45) is 1.55. The fraction of sp³-hybridized carbons (Fsp3) is 0.0909. The molecule has 4 nitrogen and oxygen atoms in total. The molecule has 1 amide bonds. The third-order valence-corrected chi connectivity index (χ3v) is 5.10. The molecule has 3 rings (SSSR count). The van der Waals surface area contributed by atoms with E-state index in [-0.39, 0.29) is 5.91 Å². The van der Waals surface area contributed by atoms with Gasteiger partial charge in [-0.25, -0.2) is 5.43 Å². The van der Waals surface area contributed by atoms with Crippen LogP contribution < -0.4 is 10.2 Å². The number of hydrogen-bond acceptors (Lipinski definition) is 3. The van der Waals surface area contributed by atoms with Gasteiger partial charge in [0, 0.05) is 26.2 Å². The van der Waals surface area contributed by atoms with E-state index in [1.54, 1.807) is 36.5 Å². The van der Waals surface area contributed by atoms with Crippen LogP contribution in [0.25, 0.3) is 0 Å². The predicted molar refractivity (Wildman–Crippen MR) is 118 cm³/mol. The molecule has 1 N–H and O–H groups in total. The number of carbonyl (C=O) groups is 1. The van der Waals surface area contributed by atoms with Gasteiger partial charge in [0.05, 0.1) is 6.21 Å². The van der Waals surface area contributed by atoms with Crippen LogP contribution >= 0.6 is 34.8 Å². The van der Waals surface area contributed by atoms with Crippen LogP contribution in [-0.2, 0) is 6.61 Å². The molecule has 0 spiro atoms. The molecule has 0 heterocycles. The number of rotatable bonds is 6. The Hall–Kier alpha value is -2.53. The normalized spacial score (nSPS) is 10.9. The molecule has 0 aliphatic carbocycles. The Morgan fingerprint density at radius 2 is 1.76 bits per heavy atom. The zero-order chi connectivity index (χ0) is 20.8. The summed E-state index contributed by atoms with van der Waals surface area (Å²) in [6.45, 7) is 2.21. The minimum absolute atomic E-state index is 0.331. The van der Waals surface area contributed by atoms with Crippen LogP contribution in [0.5, 0.6) is 5.75 Å². The van der Waals surface area contributed by atoms with E-state index in [2.05, 4.69) is 10.5 Å². The van der Waals surface area contributed by atoms with Gasteiger partial charge in [0.25, 0.3) is 5.91 Å². The molecule has 0 aliphatic heterocycles. The number of hydrogen-bond donors (Lipinski definition) is 1. The molecule has 0 bridgehead atoms. The Kier molecular flexibility index (Phi) is 7.15. The van der Waals surface area contributed by atoms with Crippen molar-refractivity contribution in [2.45, 2.75) is 13.5 Å². The van der Waals surface area contributed by atoms with Crippen LogP contribution in [0.3, 0.4) is 0 Å². The van der Waals surface area contributed by atoms with Gasteiger partial charge in [0.1, 0.15) is 12.4 Å². The summed E-state index contributed by atoms with van der Waals surface area (Å²) < 4.78 is 5.73. The zero-order valence-corrected chi connectivity index (χ0v) is 17.7. The van der Waals surface area contributed by atoms with Crippen molar-refractivity contribution < 1.29 is 9.53 Å². The first-order valence-electron chi connectivity index (χ1n) is 8.69. The monoisotopic (exact) mass is 446 g/mol. The maximum atomic E-state index is 12.1. The second-order valence-electron chi connectivity index (χ2n) is 6.26. The van der Waals surface area contributed by atoms with E-state index in [0.717, 1.165) is 16.7 Å². The van der Waals surface area contributed by atoms with Gasteiger partial charge >= 0.3 is 0 Å². The minimum Gasteiger partial charge on any atom is -0.489 e. The lowest BCUT2D eigenvalue weighted by atomic mass is 10.1. The van der Waals surface area contributed by atoms with Crippen LogP contribution in [0.2, 0.25) is 15.1 Å². The van der Waals surface area contributed by atoms with Crippen LogP contribution in [0.1, 0.15) is 27.0 Å². The Morgan fingerprint density at radius 3 is 2.45 bits per heavy atom. The molecule has 3 aromatic carbocycles. The zero-order valence-electron chi connectivity index (χ0n) is 15.5. The number of hydrazone groups is 1. The topological polar surface area (TPSA) is 50.7 Å². The summed E-state index contributed by atoms with van der Waals surface area (Å²) in [5, 5.41) is 5.66. The Bertz CT molecular complexity index is 1050. The van der Waals surface area contributed by atoms with Gasteiger partial charge < -0.3 is 4.74 Å². The predicted octanol–water partition coefficient (Wildman–Crippen LogP) is 6.30. The molecule has 0 fully saturated rings. The van der Waals surface area contributed by atoms with Gasteiger partial charge in [-0.15, -0.1) is 0 Å². The molecule has 0 radical (unpaired) electrons. The maximum Gasteiger partial charge on any atom is 0.271 e. The second kappa shape index (κ2) is 9.79. The average molecular weight is 448 g/mol. The van der Waals surface area contributed by atoms with Crippen LogP contribution in [0, 0.1) is 6.92 Å². The highest BCUT2D eigenvalue weighted by Gasteiger charge is 2.06. The molecular weight excluding hydrogens is 431 g/mol. The van der Waals surface area contributed by atoms with E-state index in [1.807, 2.05) is 37.3 Å². The van der Waals surface area contributed by atoms with Crippen LogP contribution in [0.4, 0.5) is 0 Å². The molecule has 0 saturated heterocycles. The first kappa shape index (κ1) is 21.2. The van der Waals surface area contributed by atoms with E-state index in [4.69, 9.17) is 39.5 Å². The SMILES string of the molecule is Cc1ccc(C(=O)N/N=C\c2ccc(OCc3ccc(Cl)cc3Cl)cc2)cc1Cl. The largest absolute Gasteiger partial charge is 0.489 e. The summed E-state index contributed by atoms with van der Waals surface area (Å²) >= 11 is 18.1. The molecule has 148 valence electrons. The van der Waals surface area contributed by atoms with Crippen LogP contribution in [0.15, 0.2) is 65.8 Å². The highest BCUT2D eigenvalue weighted by molar-refractivity contribution is 6.35. The molecule has 29 heavy (non-hydrogen) atoms. The quantitative estimate of drug-likeness (QED) is 0.356. The van der Waals surface area contributed by atoms with E-state index < -0.39 is 0 Å². The first-order chi connectivity index (χ1) is 13.9. The summed E-state index contributed by atoms with van der Waals surface area (Å²) in [6, 6.07) is 17.7. The van der Waals surface area contributed by atoms with Crippen molar-refractivity contribution in [3.05, 3.63) is 98.0 Å². The molecule has 7 heteroatoms. The van der Waals surface area contributed by atoms with E-state index in [1.165, 1.54) is 0 Å². The Morgan fingerprint density at radius 1 is 1.00 bits per heavy atom. The lowest BCUT2D eigenvalue weighted by Crippen LogP contribution is -2.17. The second-order valence-corrected chi connectivity index (χ2v) is 7.51. The molecule has 0 aliphatic rings. The van der Waals surface area contributed by atoms with Crippen molar-refractivity contribution in [2.24, 2.45) is 5.10 Å². The fourth-order valence-electron chi connectivity index (χ4n) is 2.41. The standard InChI is InChI=1S/C22H17Cl3N2O2/c1-14-2-5-16(10-20(14)24)22(28)27-26-12-15-3-8-19(9-4-15)29-13-17-6-7-18(23)11-21(17)25/h2-12H,13H2,1H3,(H,27,28)/b26-12-. The van der Waals surface area contributed by atoms with Gasteiger partial charge in [-0.2, -0.15) is 5.10 Å². The highest BCUT2D eigenvalue weighted by atomic mass is 35.5. The van der Waals surface area contributed by atoms with E-state index in [0.29, 0.717) is 33.0 Å². The Labute approximate surface area is 184 Å². The third kappa shape index (κ3) is 5.97. The molecule has 3 aromatic rings. The lowest BCUT2D eigenvalue weighted by molar-refractivity contribution is 0.0955. The number of halogens is 3. The number of ether oxygens (including phenoxy) is 1. The van der Waals surface area contributed by atoms with Gasteiger partial charge in [-0.1, -0.05) is 46.9 Å². The van der Waals surface area contributed by atoms with Crippen molar-refractivity contribution in [2.75, 3.05) is 0 Å². The number of carbonyl (C=O) groups excluding carboxylic acids is 1. The molecule has 0 unspecified atom stereocenters. The minimum atomic E-state index is -0.331. The summed E-state index contributed by atoms with van der Waals surface area (Å²) in [5.74, 6) is 0.356. The van der Waals surface area contributed by atoms with Crippen molar-refractivity contribution >= 4 is 46.9 Å². The van der Waals surface area contributed by atoms with Crippen molar-refractivity contribution in [1.82, 2.24) is 5.43 Å². The van der Waals surface area contributed by atoms with Gasteiger partial charge in [-0.3, -0.25) is 4.79 Å². The number of nitrogens with one attached hydrogen (secondary N) is 1. The van der Waals surface area contributed by atoms with Gasteiger partial charge in [0.15, 0.2) is 0 Å². The summed E-state index contributed by atoms with van der Waals surface area (Å²) in [5.41, 5.74) is 5.49. The highest BCUT2D eigenvalue weighted by Crippen LogP contribution is 2.23. The first-order valence-corrected chi connectivity index (χ1v) is 9.82. The van der Waals surface area contributed by atoms with Crippen molar-refractivity contribution in [3.63, 3.8) is 0 Å². The lowest BCUT2D eigenvalue weighted by Gasteiger charge is -2.08. The number of amides is 1. The maximum absolute atomic E-state index is 12.1. The van der Waals surface area contributed by atoms with Crippen LogP contribution in [-0.4, -0.2) is 12.1 Å². The fourth-order valence-corrected chi connectivity index (χ4v) is 3.06. The number of benzene rings is 3. The van der Waals surface area contributed by atoms with Crippen molar-refractivity contribution in [1.29, 1.82) is 0 Å². The van der Waals surface area contributed by atoms with E-state index >= 15 is 0 Å².